The van der Waals surface area contributed by atoms with Gasteiger partial charge in [-0.15, -0.1) is 0 Å². The predicted molar refractivity (Wildman–Crippen MR) is 110 cm³/mol. The van der Waals surface area contributed by atoms with Gasteiger partial charge in [0.1, 0.15) is 5.56 Å². The Labute approximate surface area is 179 Å². The molecule has 160 valence electrons. The molecule has 1 aliphatic heterocycles. The second kappa shape index (κ2) is 6.93. The van der Waals surface area contributed by atoms with Crippen LogP contribution in [0.1, 0.15) is 64.7 Å². The third-order valence-electron chi connectivity index (χ3n) is 7.24. The number of likely N-dealkylation sites (tertiary alicyclic amines) is 1. The second-order valence-corrected chi connectivity index (χ2v) is 9.17. The van der Waals surface area contributed by atoms with Gasteiger partial charge in [-0.05, 0) is 55.6 Å². The first-order chi connectivity index (χ1) is 15.1. The average Bonchev–Trinajstić information content (AvgIpc) is 3.64. The number of aromatic nitrogens is 2. The standard InChI is InChI=1S/C23H24N4O4/c28-21(18-9-15-3-6-24-13-19(15)30-18)25-11-16-10-23(16)4-7-27(8-5-23)22(29)17-12-26-31-20(17)14-1-2-14/h3,6,9,12-14,16H,1-2,4-5,7-8,10-11H2,(H,25,28). The predicted octanol–water partition coefficient (Wildman–Crippen LogP) is 3.37. The Bertz CT molecular complexity index is 1120. The van der Waals surface area contributed by atoms with E-state index in [0.29, 0.717) is 35.3 Å². The van der Waals surface area contributed by atoms with Gasteiger partial charge in [-0.1, -0.05) is 5.16 Å². The minimum Gasteiger partial charge on any atom is -0.449 e. The van der Waals surface area contributed by atoms with Crippen LogP contribution in [-0.2, 0) is 0 Å². The Balaban J connectivity index is 1.03. The number of nitrogens with zero attached hydrogens (tertiary/aromatic N) is 3. The summed E-state index contributed by atoms with van der Waals surface area (Å²) in [7, 11) is 0. The van der Waals surface area contributed by atoms with E-state index in [0.717, 1.165) is 56.3 Å². The topological polar surface area (TPSA) is 101 Å². The Morgan fingerprint density at radius 3 is 2.84 bits per heavy atom. The smallest absolute Gasteiger partial charge is 0.287 e. The summed E-state index contributed by atoms with van der Waals surface area (Å²) in [4.78, 5) is 31.4. The summed E-state index contributed by atoms with van der Waals surface area (Å²) < 4.78 is 10.9. The Hall–Kier alpha value is -3.16. The first kappa shape index (κ1) is 18.6. The molecular formula is C23H24N4O4. The van der Waals surface area contributed by atoms with Crippen LogP contribution in [0.5, 0.6) is 0 Å². The highest BCUT2D eigenvalue weighted by Gasteiger charge is 2.55. The zero-order valence-corrected chi connectivity index (χ0v) is 17.2. The number of amides is 2. The lowest BCUT2D eigenvalue weighted by molar-refractivity contribution is 0.0666. The number of rotatable bonds is 5. The quantitative estimate of drug-likeness (QED) is 0.679. The summed E-state index contributed by atoms with van der Waals surface area (Å²) in [6, 6.07) is 3.58. The van der Waals surface area contributed by atoms with E-state index in [1.165, 1.54) is 0 Å². The summed E-state index contributed by atoms with van der Waals surface area (Å²) in [6.45, 7) is 2.13. The van der Waals surface area contributed by atoms with Gasteiger partial charge in [0.15, 0.2) is 17.1 Å². The number of furan rings is 1. The molecule has 2 aliphatic carbocycles. The molecule has 1 spiro atoms. The van der Waals surface area contributed by atoms with Crippen LogP contribution >= 0.6 is 0 Å². The van der Waals surface area contributed by atoms with Gasteiger partial charge in [-0.25, -0.2) is 0 Å². The molecule has 1 N–H and O–H groups in total. The first-order valence-electron chi connectivity index (χ1n) is 11.0. The second-order valence-electron chi connectivity index (χ2n) is 9.17. The Morgan fingerprint density at radius 2 is 2.06 bits per heavy atom. The summed E-state index contributed by atoms with van der Waals surface area (Å²) >= 11 is 0. The van der Waals surface area contributed by atoms with Crippen LogP contribution in [0.15, 0.2) is 39.7 Å². The molecule has 2 amide bonds. The molecule has 3 aliphatic rings. The van der Waals surface area contributed by atoms with Crippen LogP contribution in [0.25, 0.3) is 11.0 Å². The van der Waals surface area contributed by atoms with Crippen molar-refractivity contribution < 1.29 is 18.5 Å². The number of pyridine rings is 1. The van der Waals surface area contributed by atoms with Crippen LogP contribution < -0.4 is 5.32 Å². The van der Waals surface area contributed by atoms with Crippen molar-refractivity contribution >= 4 is 22.8 Å². The van der Waals surface area contributed by atoms with E-state index in [9.17, 15) is 9.59 Å². The van der Waals surface area contributed by atoms with Crippen molar-refractivity contribution in [1.29, 1.82) is 0 Å². The van der Waals surface area contributed by atoms with Crippen molar-refractivity contribution in [3.63, 3.8) is 0 Å². The third kappa shape index (κ3) is 3.30. The highest BCUT2D eigenvalue weighted by Crippen LogP contribution is 2.59. The van der Waals surface area contributed by atoms with Crippen LogP contribution in [-0.4, -0.2) is 46.5 Å². The summed E-state index contributed by atoms with van der Waals surface area (Å²) in [5.41, 5.74) is 1.50. The molecule has 1 unspecified atom stereocenters. The molecule has 3 aromatic rings. The lowest BCUT2D eigenvalue weighted by Crippen LogP contribution is -2.40. The molecule has 3 aromatic heterocycles. The largest absolute Gasteiger partial charge is 0.449 e. The number of hydrogen-bond donors (Lipinski definition) is 1. The van der Waals surface area contributed by atoms with Crippen molar-refractivity contribution in [2.45, 2.75) is 38.0 Å². The van der Waals surface area contributed by atoms with Gasteiger partial charge in [0.25, 0.3) is 11.8 Å². The number of carbonyl (C=O) groups excluding carboxylic acids is 2. The van der Waals surface area contributed by atoms with Crippen molar-refractivity contribution in [3.8, 4) is 0 Å². The van der Waals surface area contributed by atoms with Crippen LogP contribution in [0.2, 0.25) is 0 Å². The maximum Gasteiger partial charge on any atom is 0.287 e. The number of nitrogens with one attached hydrogen (secondary N) is 1. The first-order valence-corrected chi connectivity index (χ1v) is 11.0. The minimum atomic E-state index is -0.189. The summed E-state index contributed by atoms with van der Waals surface area (Å²) in [5, 5.41) is 7.75. The fraction of sp³-hybridized carbons (Fsp3) is 0.478. The van der Waals surface area contributed by atoms with E-state index >= 15 is 0 Å². The molecule has 8 nitrogen and oxygen atoms in total. The molecule has 1 saturated heterocycles. The van der Waals surface area contributed by atoms with Crippen molar-refractivity contribution in [3.05, 3.63) is 47.8 Å². The van der Waals surface area contributed by atoms with Gasteiger partial charge in [0.2, 0.25) is 0 Å². The minimum absolute atomic E-state index is 0.0443. The molecule has 31 heavy (non-hydrogen) atoms. The fourth-order valence-electron chi connectivity index (χ4n) is 5.01. The van der Waals surface area contributed by atoms with Crippen LogP contribution in [0, 0.1) is 11.3 Å². The molecule has 8 heteroatoms. The van der Waals surface area contributed by atoms with E-state index in [1.54, 1.807) is 24.7 Å². The molecule has 6 rings (SSSR count). The number of fused-ring (bicyclic) bond motifs is 1. The van der Waals surface area contributed by atoms with Gasteiger partial charge in [0, 0.05) is 37.1 Å². The molecule has 1 atom stereocenters. The summed E-state index contributed by atoms with van der Waals surface area (Å²) in [5.74, 6) is 1.76. The van der Waals surface area contributed by atoms with E-state index in [4.69, 9.17) is 8.94 Å². The van der Waals surface area contributed by atoms with Gasteiger partial charge in [-0.2, -0.15) is 0 Å². The molecule has 0 aromatic carbocycles. The van der Waals surface area contributed by atoms with Gasteiger partial charge in [-0.3, -0.25) is 14.6 Å². The molecule has 3 fully saturated rings. The van der Waals surface area contributed by atoms with E-state index in [-0.39, 0.29) is 17.2 Å². The number of carbonyl (C=O) groups is 2. The molecule has 0 bridgehead atoms. The normalized spacial score (nSPS) is 22.1. The highest BCUT2D eigenvalue weighted by atomic mass is 16.5. The van der Waals surface area contributed by atoms with Gasteiger partial charge in [0.05, 0.1) is 12.4 Å². The number of hydrogen-bond acceptors (Lipinski definition) is 6. The fourth-order valence-corrected chi connectivity index (χ4v) is 5.01. The van der Waals surface area contributed by atoms with E-state index < -0.39 is 0 Å². The maximum absolute atomic E-state index is 12.9. The van der Waals surface area contributed by atoms with Crippen LogP contribution in [0.4, 0.5) is 0 Å². The maximum atomic E-state index is 12.9. The Kier molecular flexibility index (Phi) is 4.16. The monoisotopic (exact) mass is 420 g/mol. The van der Waals surface area contributed by atoms with E-state index in [2.05, 4.69) is 15.5 Å². The lowest BCUT2D eigenvalue weighted by atomic mass is 9.90. The Morgan fingerprint density at radius 1 is 1.23 bits per heavy atom. The van der Waals surface area contributed by atoms with Gasteiger partial charge < -0.3 is 19.2 Å². The molecule has 4 heterocycles. The lowest BCUT2D eigenvalue weighted by Gasteiger charge is -2.33. The zero-order chi connectivity index (χ0) is 21.0. The van der Waals surface area contributed by atoms with Crippen molar-refractivity contribution in [2.24, 2.45) is 11.3 Å². The average molecular weight is 420 g/mol. The van der Waals surface area contributed by atoms with Gasteiger partial charge >= 0.3 is 0 Å². The molecular weight excluding hydrogens is 396 g/mol. The third-order valence-corrected chi connectivity index (χ3v) is 7.24. The number of piperidine rings is 1. The van der Waals surface area contributed by atoms with Crippen molar-refractivity contribution in [1.82, 2.24) is 20.4 Å². The van der Waals surface area contributed by atoms with Crippen LogP contribution in [0.3, 0.4) is 0 Å². The molecule has 2 saturated carbocycles. The van der Waals surface area contributed by atoms with E-state index in [1.807, 2.05) is 11.0 Å². The highest BCUT2D eigenvalue weighted by molar-refractivity contribution is 5.96. The van der Waals surface area contributed by atoms with Crippen molar-refractivity contribution in [2.75, 3.05) is 19.6 Å². The zero-order valence-electron chi connectivity index (χ0n) is 17.2. The summed E-state index contributed by atoms with van der Waals surface area (Å²) in [6.07, 6.45) is 10.1. The SMILES string of the molecule is O=C(NCC1CC12CCN(C(=O)c1cnoc1C1CC1)CC2)c1cc2ccncc2o1. The molecule has 0 radical (unpaired) electrons.